The lowest BCUT2D eigenvalue weighted by molar-refractivity contribution is -0.128. The normalized spacial score (nSPS) is 30.6. The number of unbranched alkanes of at least 4 members (excludes halogenated alkanes) is 1. The number of ether oxygens (including phenoxy) is 1. The van der Waals surface area contributed by atoms with Crippen LogP contribution in [-0.4, -0.2) is 23.3 Å². The predicted octanol–water partition coefficient (Wildman–Crippen LogP) is 2.61. The fourth-order valence-electron chi connectivity index (χ4n) is 2.15. The Labute approximate surface area is 92.8 Å². The second-order valence-electron chi connectivity index (χ2n) is 4.00. The van der Waals surface area contributed by atoms with Crippen LogP contribution in [0, 0.1) is 0 Å². The fourth-order valence-corrected chi connectivity index (χ4v) is 2.55. The van der Waals surface area contributed by atoms with Gasteiger partial charge in [0.15, 0.2) is 0 Å². The Morgan fingerprint density at radius 3 is 3.07 bits per heavy atom. The molecule has 2 heterocycles. The highest BCUT2D eigenvalue weighted by Crippen LogP contribution is 2.32. The second kappa shape index (κ2) is 4.58. The van der Waals surface area contributed by atoms with Crippen LogP contribution in [0.15, 0.2) is 11.6 Å². The molecule has 0 unspecified atom stereocenters. The lowest BCUT2D eigenvalue weighted by Gasteiger charge is -2.20. The Hall–Kier alpha value is -0.150. The molecule has 2 atom stereocenters. The summed E-state index contributed by atoms with van der Waals surface area (Å²) >= 11 is 3.42. The van der Waals surface area contributed by atoms with Gasteiger partial charge in [0.25, 0.3) is 0 Å². The van der Waals surface area contributed by atoms with E-state index in [0.717, 1.165) is 11.8 Å². The Balaban J connectivity index is 1.88. The van der Waals surface area contributed by atoms with Crippen LogP contribution in [0.1, 0.15) is 32.1 Å². The standard InChI is InChI=1S/C11H15BrO2/c12-4-2-1-3-8-5-10-6-9(13)7-11(8)14-10/h5,10-11H,1-4,6-7H2/t10-,11-/m0/s1. The first-order valence-electron chi connectivity index (χ1n) is 5.23. The SMILES string of the molecule is O=C1C[C@@H]2O[C@@H](C=C2CCCCBr)C1. The maximum absolute atomic E-state index is 11.3. The Kier molecular flexibility index (Phi) is 3.39. The van der Waals surface area contributed by atoms with E-state index in [1.54, 1.807) is 0 Å². The summed E-state index contributed by atoms with van der Waals surface area (Å²) in [5, 5.41) is 1.06. The first-order chi connectivity index (χ1) is 6.79. The Morgan fingerprint density at radius 1 is 1.43 bits per heavy atom. The van der Waals surface area contributed by atoms with Crippen LogP contribution in [0.5, 0.6) is 0 Å². The quantitative estimate of drug-likeness (QED) is 0.440. The highest BCUT2D eigenvalue weighted by atomic mass is 79.9. The lowest BCUT2D eigenvalue weighted by atomic mass is 10.0. The summed E-state index contributed by atoms with van der Waals surface area (Å²) < 4.78 is 5.69. The highest BCUT2D eigenvalue weighted by molar-refractivity contribution is 9.09. The van der Waals surface area contributed by atoms with Gasteiger partial charge >= 0.3 is 0 Å². The van der Waals surface area contributed by atoms with Gasteiger partial charge in [0, 0.05) is 18.2 Å². The monoisotopic (exact) mass is 258 g/mol. The van der Waals surface area contributed by atoms with Crippen molar-refractivity contribution in [1.29, 1.82) is 0 Å². The van der Waals surface area contributed by atoms with Crippen molar-refractivity contribution in [2.45, 2.75) is 44.3 Å². The zero-order chi connectivity index (χ0) is 9.97. The molecular weight excluding hydrogens is 244 g/mol. The van der Waals surface area contributed by atoms with Crippen molar-refractivity contribution in [3.63, 3.8) is 0 Å². The maximum atomic E-state index is 11.3. The third kappa shape index (κ3) is 2.26. The molecule has 2 nitrogen and oxygen atoms in total. The van der Waals surface area contributed by atoms with Gasteiger partial charge in [-0.1, -0.05) is 22.0 Å². The van der Waals surface area contributed by atoms with E-state index in [1.807, 2.05) is 0 Å². The summed E-state index contributed by atoms with van der Waals surface area (Å²) in [7, 11) is 0. The number of fused-ring (bicyclic) bond motifs is 2. The fraction of sp³-hybridized carbons (Fsp3) is 0.727. The molecule has 2 aliphatic rings. The van der Waals surface area contributed by atoms with Crippen LogP contribution in [0.25, 0.3) is 0 Å². The van der Waals surface area contributed by atoms with E-state index in [9.17, 15) is 4.79 Å². The van der Waals surface area contributed by atoms with Gasteiger partial charge < -0.3 is 4.74 Å². The topological polar surface area (TPSA) is 26.3 Å². The highest BCUT2D eigenvalue weighted by Gasteiger charge is 2.34. The molecule has 0 aliphatic carbocycles. The van der Waals surface area contributed by atoms with Crippen LogP contribution in [0.4, 0.5) is 0 Å². The number of alkyl halides is 1. The lowest BCUT2D eigenvalue weighted by Crippen LogP contribution is -2.26. The van der Waals surface area contributed by atoms with Gasteiger partial charge in [0.2, 0.25) is 0 Å². The number of halogens is 1. The van der Waals surface area contributed by atoms with Crippen LogP contribution in [-0.2, 0) is 9.53 Å². The number of carbonyl (C=O) groups excluding carboxylic acids is 1. The van der Waals surface area contributed by atoms with Crippen molar-refractivity contribution in [2.24, 2.45) is 0 Å². The third-order valence-electron chi connectivity index (χ3n) is 2.84. The molecule has 2 aliphatic heterocycles. The van der Waals surface area contributed by atoms with Crippen molar-refractivity contribution < 1.29 is 9.53 Å². The smallest absolute Gasteiger partial charge is 0.138 e. The minimum absolute atomic E-state index is 0.0974. The van der Waals surface area contributed by atoms with Crippen LogP contribution < -0.4 is 0 Å². The molecule has 3 heteroatoms. The van der Waals surface area contributed by atoms with E-state index in [4.69, 9.17) is 4.74 Å². The molecule has 1 fully saturated rings. The first-order valence-corrected chi connectivity index (χ1v) is 6.35. The number of hydrogen-bond donors (Lipinski definition) is 0. The summed E-state index contributed by atoms with van der Waals surface area (Å²) in [5.41, 5.74) is 1.36. The summed E-state index contributed by atoms with van der Waals surface area (Å²) in [6, 6.07) is 0. The molecule has 0 amide bonds. The van der Waals surface area contributed by atoms with Crippen LogP contribution in [0.2, 0.25) is 0 Å². The average molecular weight is 259 g/mol. The summed E-state index contributed by atoms with van der Waals surface area (Å²) in [5.74, 6) is 0.359. The summed E-state index contributed by atoms with van der Waals surface area (Å²) in [4.78, 5) is 11.3. The molecule has 0 aromatic heterocycles. The van der Waals surface area contributed by atoms with E-state index >= 15 is 0 Å². The minimum Gasteiger partial charge on any atom is -0.366 e. The van der Waals surface area contributed by atoms with Gasteiger partial charge in [-0.05, 0) is 24.8 Å². The number of rotatable bonds is 4. The van der Waals surface area contributed by atoms with Gasteiger partial charge in [-0.2, -0.15) is 0 Å². The maximum Gasteiger partial charge on any atom is 0.138 e. The van der Waals surface area contributed by atoms with Crippen LogP contribution >= 0.6 is 15.9 Å². The number of Topliss-reactive ketones (excluding diaryl/α,β-unsaturated/α-hetero) is 1. The minimum atomic E-state index is 0.0974. The zero-order valence-electron chi connectivity index (χ0n) is 8.17. The predicted molar refractivity (Wildman–Crippen MR) is 58.6 cm³/mol. The molecule has 0 N–H and O–H groups in total. The Morgan fingerprint density at radius 2 is 2.29 bits per heavy atom. The van der Waals surface area contributed by atoms with E-state index in [-0.39, 0.29) is 12.2 Å². The molecule has 0 aromatic rings. The van der Waals surface area contributed by atoms with Gasteiger partial charge in [-0.3, -0.25) is 4.79 Å². The summed E-state index contributed by atoms with van der Waals surface area (Å²) in [6.45, 7) is 0. The molecule has 2 bridgehead atoms. The van der Waals surface area contributed by atoms with Crippen molar-refractivity contribution in [3.8, 4) is 0 Å². The van der Waals surface area contributed by atoms with Crippen molar-refractivity contribution in [2.75, 3.05) is 5.33 Å². The Bertz CT molecular complexity index is 260. The van der Waals surface area contributed by atoms with E-state index in [1.165, 1.54) is 18.4 Å². The largest absolute Gasteiger partial charge is 0.366 e. The molecule has 0 spiro atoms. The molecule has 1 saturated heterocycles. The molecule has 0 aromatic carbocycles. The van der Waals surface area contributed by atoms with Gasteiger partial charge in [-0.25, -0.2) is 0 Å². The summed E-state index contributed by atoms with van der Waals surface area (Å²) in [6.07, 6.45) is 7.08. The molecule has 14 heavy (non-hydrogen) atoms. The second-order valence-corrected chi connectivity index (χ2v) is 4.79. The first kappa shape index (κ1) is 10.4. The number of hydrogen-bond acceptors (Lipinski definition) is 2. The van der Waals surface area contributed by atoms with Crippen molar-refractivity contribution in [3.05, 3.63) is 11.6 Å². The van der Waals surface area contributed by atoms with Gasteiger partial charge in [0.1, 0.15) is 5.78 Å². The van der Waals surface area contributed by atoms with Crippen LogP contribution in [0.3, 0.4) is 0 Å². The number of carbonyl (C=O) groups is 1. The molecule has 0 radical (unpaired) electrons. The number of ketones is 1. The van der Waals surface area contributed by atoms with E-state index in [2.05, 4.69) is 22.0 Å². The molecule has 2 rings (SSSR count). The van der Waals surface area contributed by atoms with Crippen molar-refractivity contribution in [1.82, 2.24) is 0 Å². The van der Waals surface area contributed by atoms with E-state index in [0.29, 0.717) is 18.6 Å². The zero-order valence-corrected chi connectivity index (χ0v) is 9.76. The van der Waals surface area contributed by atoms with E-state index < -0.39 is 0 Å². The third-order valence-corrected chi connectivity index (χ3v) is 3.40. The average Bonchev–Trinajstić information content (AvgIpc) is 2.42. The molecular formula is C11H15BrO2. The van der Waals surface area contributed by atoms with Crippen molar-refractivity contribution >= 4 is 21.7 Å². The van der Waals surface area contributed by atoms with Gasteiger partial charge in [-0.15, -0.1) is 0 Å². The van der Waals surface area contributed by atoms with Gasteiger partial charge in [0.05, 0.1) is 12.2 Å². The molecule has 78 valence electrons. The molecule has 0 saturated carbocycles.